The molecule has 0 radical (unpaired) electrons. The van der Waals surface area contributed by atoms with Gasteiger partial charge in [-0.1, -0.05) is 120 Å². The second kappa shape index (κ2) is 26.1. The second-order valence-corrected chi connectivity index (χ2v) is 22.1. The van der Waals surface area contributed by atoms with Crippen LogP contribution in [-0.4, -0.2) is 94.5 Å². The van der Waals surface area contributed by atoms with Crippen LogP contribution in [0.1, 0.15) is 78.3 Å². The van der Waals surface area contributed by atoms with Crippen LogP contribution in [0.25, 0.3) is 58.8 Å². The summed E-state index contributed by atoms with van der Waals surface area (Å²) in [6.45, 7) is 37.3. The van der Waals surface area contributed by atoms with Gasteiger partial charge in [-0.3, -0.25) is 14.4 Å². The van der Waals surface area contributed by atoms with Gasteiger partial charge in [0.05, 0.1) is 50.4 Å². The monoisotopic (exact) mass is 1140 g/mol. The van der Waals surface area contributed by atoms with E-state index in [1.165, 1.54) is 31.1 Å². The van der Waals surface area contributed by atoms with E-state index in [1.54, 1.807) is 45.8 Å². The third-order valence-corrected chi connectivity index (χ3v) is 14.6. The van der Waals surface area contributed by atoms with Crippen molar-refractivity contribution in [2.24, 2.45) is 0 Å². The van der Waals surface area contributed by atoms with Crippen LogP contribution in [0.3, 0.4) is 0 Å². The van der Waals surface area contributed by atoms with Crippen LogP contribution in [0, 0.1) is 61.3 Å². The third kappa shape index (κ3) is 15.2. The molecule has 0 aliphatic carbocycles. The maximum absolute atomic E-state index is 12.9. The van der Waals surface area contributed by atoms with Gasteiger partial charge in [0.15, 0.2) is 34.4 Å². The van der Waals surface area contributed by atoms with E-state index in [9.17, 15) is 29.7 Å². The van der Waals surface area contributed by atoms with Crippen LogP contribution in [-0.2, 0) is 53.3 Å². The number of ketones is 3. The molecule has 0 unspecified atom stereocenters. The number of nitrogens with zero attached hydrogens (tertiary/aromatic N) is 12. The summed E-state index contributed by atoms with van der Waals surface area (Å²) in [6, 6.07) is 41.4. The van der Waals surface area contributed by atoms with Gasteiger partial charge in [0, 0.05) is 19.3 Å². The molecule has 3 N–H and O–H groups in total. The molecule has 0 bridgehead atoms. The van der Waals surface area contributed by atoms with Gasteiger partial charge in [-0.05, 0) is 154 Å². The van der Waals surface area contributed by atoms with Crippen LogP contribution in [0.15, 0.2) is 133 Å². The summed E-state index contributed by atoms with van der Waals surface area (Å²) in [5.74, 6) is -0.930. The number of carbonyl (C=O) groups excluding carboxylic acids is 3. The molecule has 0 aliphatic heterocycles. The van der Waals surface area contributed by atoms with E-state index in [0.29, 0.717) is 22.6 Å². The summed E-state index contributed by atoms with van der Waals surface area (Å²) >= 11 is 0. The fraction of sp³-hybridized carbons (Fsp3) is 0.284. The highest BCUT2D eigenvalue weighted by Gasteiger charge is 2.34. The van der Waals surface area contributed by atoms with Gasteiger partial charge in [-0.15, -0.1) is 10.2 Å². The molecule has 10 aromatic rings. The van der Waals surface area contributed by atoms with Crippen LogP contribution in [0.5, 0.6) is 0 Å². The molecule has 432 valence electrons. The molecule has 0 amide bonds. The molecule has 18 heteroatoms. The topological polar surface area (TPSA) is 217 Å². The lowest BCUT2D eigenvalue weighted by Crippen LogP contribution is -2.41. The number of hydrogen-bond acceptors (Lipinski definition) is 12. The number of rotatable bonds is 16. The Labute approximate surface area is 494 Å². The second-order valence-electron chi connectivity index (χ2n) is 22.1. The molecular weight excluding hydrogens is 1070 g/mol. The molecule has 0 spiro atoms. The first-order chi connectivity index (χ1) is 39.8. The lowest BCUT2D eigenvalue weighted by Gasteiger charge is -2.22. The number of carbonyl (C=O) groups is 3. The molecule has 3 atom stereocenters. The number of aliphatic hydroxyl groups is 3. The van der Waals surface area contributed by atoms with Crippen LogP contribution in [0.2, 0.25) is 0 Å². The molecule has 0 aliphatic rings. The summed E-state index contributed by atoms with van der Waals surface area (Å²) < 4.78 is 3.12. The van der Waals surface area contributed by atoms with Gasteiger partial charge in [0.25, 0.3) is 0 Å². The Morgan fingerprint density at radius 2 is 0.800 bits per heavy atom. The zero-order chi connectivity index (χ0) is 60.7. The SMILES string of the molecule is C.[C-]#[N+]c1ccc(CC(=O)[C@@](C)(O)Cn2nc3ccc(C)cc3n2)cc1C.[C-]#[N+]c1ccc(CC(=O)[C@@](C)(O)Cn2nnc3cc(-c4ccc(C)cc4)ccc32)cc1C.[C-]#[N+]c1ccc(CC(=O)[C@@](C)(O)Cn2nnc3cc(C)ccc32)cc1C. The largest absolute Gasteiger partial charge is 0.380 e. The first kappa shape index (κ1) is 62.7. The summed E-state index contributed by atoms with van der Waals surface area (Å²) in [7, 11) is 0. The Morgan fingerprint density at radius 1 is 0.435 bits per heavy atom. The Balaban J connectivity index is 0.000000183. The van der Waals surface area contributed by atoms with E-state index in [1.807, 2.05) is 107 Å². The Morgan fingerprint density at radius 3 is 1.24 bits per heavy atom. The number of fused-ring (bicyclic) bond motifs is 3. The number of hydrogen-bond donors (Lipinski definition) is 3. The maximum atomic E-state index is 12.9. The van der Waals surface area contributed by atoms with Crippen molar-refractivity contribution in [3.05, 3.63) is 218 Å². The number of benzene rings is 7. The van der Waals surface area contributed by atoms with Crippen LogP contribution in [0.4, 0.5) is 17.1 Å². The predicted octanol–water partition coefficient (Wildman–Crippen LogP) is 11.8. The van der Waals surface area contributed by atoms with E-state index in [2.05, 4.69) is 76.5 Å². The molecule has 0 saturated carbocycles. The molecule has 10 rings (SSSR count). The van der Waals surface area contributed by atoms with Gasteiger partial charge in [-0.2, -0.15) is 15.0 Å². The number of Topliss-reactive ketones (excluding diaryl/α,β-unsaturated/α-hetero) is 3. The van der Waals surface area contributed by atoms with Crippen LogP contribution < -0.4 is 0 Å². The smallest absolute Gasteiger partial charge is 0.190 e. The molecular formula is C67H68N12O6. The van der Waals surface area contributed by atoms with Crippen molar-refractivity contribution in [1.29, 1.82) is 0 Å². The summed E-state index contributed by atoms with van der Waals surface area (Å²) in [4.78, 5) is 49.7. The van der Waals surface area contributed by atoms with E-state index >= 15 is 0 Å². The van der Waals surface area contributed by atoms with E-state index in [0.717, 1.165) is 83.2 Å². The molecule has 85 heavy (non-hydrogen) atoms. The average Bonchev–Trinajstić information content (AvgIpc) is 3.75. The quantitative estimate of drug-likeness (QED) is 0.0770. The van der Waals surface area contributed by atoms with Crippen molar-refractivity contribution < 1.29 is 29.7 Å². The van der Waals surface area contributed by atoms with Crippen molar-refractivity contribution in [2.45, 2.75) is 125 Å². The van der Waals surface area contributed by atoms with Crippen molar-refractivity contribution >= 4 is 67.5 Å². The first-order valence-corrected chi connectivity index (χ1v) is 27.0. The Hall–Kier alpha value is -9.90. The number of aromatic nitrogens is 9. The minimum absolute atomic E-state index is 0. The molecule has 18 nitrogen and oxygen atoms in total. The van der Waals surface area contributed by atoms with Gasteiger partial charge >= 0.3 is 0 Å². The summed E-state index contributed by atoms with van der Waals surface area (Å²) in [6.07, 6.45) is 0.264. The van der Waals surface area contributed by atoms with E-state index < -0.39 is 16.8 Å². The minimum atomic E-state index is -1.61. The predicted molar refractivity (Wildman–Crippen MR) is 329 cm³/mol. The Kier molecular flexibility index (Phi) is 19.3. The molecule has 3 aromatic heterocycles. The zero-order valence-corrected chi connectivity index (χ0v) is 48.4. The fourth-order valence-corrected chi connectivity index (χ4v) is 9.46. The lowest BCUT2D eigenvalue weighted by molar-refractivity contribution is -0.137. The van der Waals surface area contributed by atoms with Gasteiger partial charge < -0.3 is 15.3 Å². The maximum Gasteiger partial charge on any atom is 0.190 e. The average molecular weight is 1140 g/mol. The summed E-state index contributed by atoms with van der Waals surface area (Å²) in [5, 5.41) is 57.5. The molecule has 0 saturated heterocycles. The van der Waals surface area contributed by atoms with Crippen molar-refractivity contribution in [1.82, 2.24) is 45.0 Å². The minimum Gasteiger partial charge on any atom is -0.380 e. The highest BCUT2D eigenvalue weighted by Crippen LogP contribution is 2.28. The fourth-order valence-electron chi connectivity index (χ4n) is 9.46. The van der Waals surface area contributed by atoms with E-state index in [-0.39, 0.29) is 63.7 Å². The highest BCUT2D eigenvalue weighted by molar-refractivity contribution is 5.90. The van der Waals surface area contributed by atoms with Crippen molar-refractivity contribution in [3.8, 4) is 11.1 Å². The van der Waals surface area contributed by atoms with Gasteiger partial charge in [-0.25, -0.2) is 23.9 Å². The first-order valence-electron chi connectivity index (χ1n) is 27.0. The number of aryl methyl sites for hydroxylation is 6. The Bertz CT molecular complexity index is 4250. The normalized spacial score (nSPS) is 13.0. The lowest BCUT2D eigenvalue weighted by atomic mass is 9.94. The highest BCUT2D eigenvalue weighted by atomic mass is 16.3. The van der Waals surface area contributed by atoms with Gasteiger partial charge in [0.2, 0.25) is 0 Å². The molecule has 7 aromatic carbocycles. The molecule has 3 heterocycles. The van der Waals surface area contributed by atoms with Crippen molar-refractivity contribution in [3.63, 3.8) is 0 Å². The van der Waals surface area contributed by atoms with E-state index in [4.69, 9.17) is 19.7 Å². The van der Waals surface area contributed by atoms with Gasteiger partial charge in [0.1, 0.15) is 38.9 Å². The van der Waals surface area contributed by atoms with Crippen LogP contribution >= 0.6 is 0 Å². The summed E-state index contributed by atoms with van der Waals surface area (Å²) in [5.41, 5.74) is 11.6. The standard InChI is InChI=1S/C26H24N4O2.2C20H20N4O2.CH4/c1-17-5-8-20(9-6-17)21-10-12-24-23(15-21)28-29-30(24)16-26(3,32)25(31)14-19-7-11-22(27-4)18(2)13-19;1-13-5-8-18-17(9-13)22-23-24(18)12-20(3,26)19(25)11-15-6-7-16(21-4)14(2)10-15;1-13-5-7-17-18(9-13)23-24(22-17)12-20(3,26)19(25)11-15-6-8-16(21-4)14(2)10-15;/h5-13,15,32H,14,16H2,1-3H3;2*5-10,26H,11-12H2,1-3H3;1H4/t26-;2*20-;/m000./s1. The third-order valence-electron chi connectivity index (χ3n) is 14.6. The zero-order valence-electron chi connectivity index (χ0n) is 48.4. The molecule has 0 fully saturated rings. The van der Waals surface area contributed by atoms with Crippen molar-refractivity contribution in [2.75, 3.05) is 0 Å².